The summed E-state index contributed by atoms with van der Waals surface area (Å²) in [5.41, 5.74) is 7.74. The summed E-state index contributed by atoms with van der Waals surface area (Å²) in [5, 5.41) is 15.7. The Labute approximate surface area is 171 Å². The molecule has 0 amide bonds. The van der Waals surface area contributed by atoms with Gasteiger partial charge in [-0.3, -0.25) is 0 Å². The van der Waals surface area contributed by atoms with Gasteiger partial charge in [0.1, 0.15) is 11.4 Å². The van der Waals surface area contributed by atoms with E-state index in [1.54, 1.807) is 18.2 Å². The summed E-state index contributed by atoms with van der Waals surface area (Å²) in [6, 6.07) is 17.0. The Morgan fingerprint density at radius 1 is 0.900 bits per heavy atom. The Morgan fingerprint density at radius 3 is 2.63 bits per heavy atom. The first-order valence-electron chi connectivity index (χ1n) is 9.65. The monoisotopic (exact) mass is 392 g/mol. The minimum atomic E-state index is 0.154. The van der Waals surface area contributed by atoms with Crippen LogP contribution >= 0.6 is 0 Å². The molecular weight excluding hydrogens is 376 g/mol. The standard InChI is InChI=1S/C24H16N4O2/c1-12-20-13(2)22(24-27-23(28-30-24)14-6-5-7-15(29)10-14)26-19(20)11-17-16-8-3-4-9-18(16)25-21(12)17/h3-11,29H,1-2H3. The number of benzene rings is 3. The third kappa shape index (κ3) is 2.30. The fraction of sp³-hybridized carbons (Fsp3) is 0.0833. The van der Waals surface area contributed by atoms with Crippen LogP contribution in [0.15, 0.2) is 69.1 Å². The lowest BCUT2D eigenvalue weighted by Gasteiger charge is -2.05. The van der Waals surface area contributed by atoms with Crippen molar-refractivity contribution in [3.05, 3.63) is 82.3 Å². The van der Waals surface area contributed by atoms with Crippen LogP contribution in [0.25, 0.3) is 33.8 Å². The molecule has 0 spiro atoms. The molecule has 2 aliphatic heterocycles. The summed E-state index contributed by atoms with van der Waals surface area (Å²) in [6.45, 7) is 4.10. The van der Waals surface area contributed by atoms with Gasteiger partial charge in [-0.25, -0.2) is 9.98 Å². The molecule has 0 aliphatic carbocycles. The van der Waals surface area contributed by atoms with E-state index in [0.717, 1.165) is 44.2 Å². The van der Waals surface area contributed by atoms with Gasteiger partial charge >= 0.3 is 0 Å². The maximum absolute atomic E-state index is 9.71. The van der Waals surface area contributed by atoms with Gasteiger partial charge in [0, 0.05) is 22.3 Å². The van der Waals surface area contributed by atoms with Gasteiger partial charge in [0.2, 0.25) is 5.82 Å². The molecule has 6 rings (SSSR count). The summed E-state index contributed by atoms with van der Waals surface area (Å²) in [4.78, 5) is 14.2. The van der Waals surface area contributed by atoms with Gasteiger partial charge in [-0.1, -0.05) is 35.5 Å². The molecule has 3 aromatic carbocycles. The Kier molecular flexibility index (Phi) is 3.35. The second kappa shape index (κ2) is 5.97. The van der Waals surface area contributed by atoms with E-state index in [4.69, 9.17) is 14.5 Å². The van der Waals surface area contributed by atoms with E-state index < -0.39 is 0 Å². The molecule has 4 aromatic rings. The lowest BCUT2D eigenvalue weighted by Crippen LogP contribution is -2.18. The summed E-state index contributed by atoms with van der Waals surface area (Å²) in [6.07, 6.45) is 0. The molecule has 144 valence electrons. The van der Waals surface area contributed by atoms with Gasteiger partial charge in [-0.2, -0.15) is 4.98 Å². The van der Waals surface area contributed by atoms with Crippen LogP contribution in [0, 0.1) is 6.92 Å². The van der Waals surface area contributed by atoms with Gasteiger partial charge < -0.3 is 9.63 Å². The molecule has 0 radical (unpaired) electrons. The van der Waals surface area contributed by atoms with Crippen LogP contribution in [0.3, 0.4) is 0 Å². The number of rotatable bonds is 2. The maximum atomic E-state index is 9.71. The molecule has 6 nitrogen and oxygen atoms in total. The van der Waals surface area contributed by atoms with Gasteiger partial charge in [0.25, 0.3) is 5.89 Å². The van der Waals surface area contributed by atoms with Crippen molar-refractivity contribution < 1.29 is 9.63 Å². The van der Waals surface area contributed by atoms with E-state index in [1.807, 2.05) is 31.2 Å². The van der Waals surface area contributed by atoms with Crippen LogP contribution in [-0.4, -0.2) is 15.2 Å². The van der Waals surface area contributed by atoms with E-state index >= 15 is 0 Å². The SMILES string of the molecule is CC1=C(c2nc(-c3cccc(O)c3)no2)N=c2cc3c(c(C)c21)=Nc1ccccc1-3. The first kappa shape index (κ1) is 16.9. The van der Waals surface area contributed by atoms with E-state index in [9.17, 15) is 5.11 Å². The predicted octanol–water partition coefficient (Wildman–Crippen LogP) is 4.20. The van der Waals surface area contributed by atoms with Gasteiger partial charge in [0.15, 0.2) is 0 Å². The lowest BCUT2D eigenvalue weighted by molar-refractivity contribution is 0.408. The van der Waals surface area contributed by atoms with Crippen LogP contribution in [-0.2, 0) is 0 Å². The predicted molar refractivity (Wildman–Crippen MR) is 112 cm³/mol. The zero-order valence-corrected chi connectivity index (χ0v) is 16.3. The highest BCUT2D eigenvalue weighted by Gasteiger charge is 2.26. The van der Waals surface area contributed by atoms with Crippen LogP contribution in [0.5, 0.6) is 5.75 Å². The minimum absolute atomic E-state index is 0.154. The Balaban J connectivity index is 1.49. The number of allylic oxidation sites excluding steroid dienone is 1. The normalized spacial score (nSPS) is 13.5. The number of aromatic nitrogens is 2. The molecule has 3 heterocycles. The highest BCUT2D eigenvalue weighted by atomic mass is 16.5. The molecule has 0 unspecified atom stereocenters. The number of phenols is 1. The quantitative estimate of drug-likeness (QED) is 0.488. The van der Waals surface area contributed by atoms with Gasteiger partial charge in [0.05, 0.1) is 16.4 Å². The molecule has 0 bridgehead atoms. The molecular formula is C24H16N4O2. The maximum Gasteiger partial charge on any atom is 0.277 e. The number of phenolic OH excluding ortho intramolecular Hbond substituents is 1. The summed E-state index contributed by atoms with van der Waals surface area (Å²) >= 11 is 0. The van der Waals surface area contributed by atoms with Crippen molar-refractivity contribution in [2.45, 2.75) is 13.8 Å². The highest BCUT2D eigenvalue weighted by molar-refractivity contribution is 5.92. The number of hydrogen-bond acceptors (Lipinski definition) is 6. The first-order chi connectivity index (χ1) is 14.6. The van der Waals surface area contributed by atoms with Crippen molar-refractivity contribution in [3.8, 4) is 28.3 Å². The fourth-order valence-corrected chi connectivity index (χ4v) is 4.23. The smallest absolute Gasteiger partial charge is 0.277 e. The second-order valence-electron chi connectivity index (χ2n) is 7.48. The number of aromatic hydroxyl groups is 1. The fourth-order valence-electron chi connectivity index (χ4n) is 4.23. The third-order valence-electron chi connectivity index (χ3n) is 5.64. The molecule has 2 aliphatic rings. The summed E-state index contributed by atoms with van der Waals surface area (Å²) < 4.78 is 5.52. The molecule has 0 saturated heterocycles. The molecule has 1 N–H and O–H groups in total. The van der Waals surface area contributed by atoms with Crippen LogP contribution in [0.1, 0.15) is 23.9 Å². The van der Waals surface area contributed by atoms with Gasteiger partial charge in [-0.15, -0.1) is 0 Å². The van der Waals surface area contributed by atoms with Gasteiger partial charge in [-0.05, 0) is 49.2 Å². The summed E-state index contributed by atoms with van der Waals surface area (Å²) in [5.74, 6) is 0.927. The molecule has 30 heavy (non-hydrogen) atoms. The van der Waals surface area contributed by atoms with Crippen molar-refractivity contribution in [1.82, 2.24) is 10.1 Å². The van der Waals surface area contributed by atoms with Crippen LogP contribution in [0.4, 0.5) is 5.69 Å². The molecule has 0 atom stereocenters. The van der Waals surface area contributed by atoms with Crippen molar-refractivity contribution in [2.24, 2.45) is 9.98 Å². The topological polar surface area (TPSA) is 83.9 Å². The number of nitrogens with zero attached hydrogens (tertiary/aromatic N) is 4. The first-order valence-corrected chi connectivity index (χ1v) is 9.65. The van der Waals surface area contributed by atoms with Crippen molar-refractivity contribution in [1.29, 1.82) is 0 Å². The second-order valence-corrected chi connectivity index (χ2v) is 7.48. The Hall–Kier alpha value is -4.06. The molecule has 1 aromatic heterocycles. The number of hydrogen-bond donors (Lipinski definition) is 1. The van der Waals surface area contributed by atoms with Crippen molar-refractivity contribution in [3.63, 3.8) is 0 Å². The van der Waals surface area contributed by atoms with E-state index in [0.29, 0.717) is 23.0 Å². The molecule has 0 fully saturated rings. The number of fused-ring (bicyclic) bond motifs is 4. The average molecular weight is 392 g/mol. The van der Waals surface area contributed by atoms with E-state index in [1.165, 1.54) is 0 Å². The lowest BCUT2D eigenvalue weighted by atomic mass is 9.96. The molecule has 6 heteroatoms. The van der Waals surface area contributed by atoms with E-state index in [2.05, 4.69) is 29.2 Å². The average Bonchev–Trinajstić information content (AvgIpc) is 3.44. The zero-order valence-electron chi connectivity index (χ0n) is 16.3. The van der Waals surface area contributed by atoms with Crippen molar-refractivity contribution in [2.75, 3.05) is 0 Å². The zero-order chi connectivity index (χ0) is 20.4. The van der Waals surface area contributed by atoms with Crippen molar-refractivity contribution >= 4 is 17.0 Å². The Morgan fingerprint density at radius 2 is 1.77 bits per heavy atom. The summed E-state index contributed by atoms with van der Waals surface area (Å²) in [7, 11) is 0. The third-order valence-corrected chi connectivity index (χ3v) is 5.64. The highest BCUT2D eigenvalue weighted by Crippen LogP contribution is 2.36. The minimum Gasteiger partial charge on any atom is -0.508 e. The Bertz CT molecular complexity index is 1530. The van der Waals surface area contributed by atoms with E-state index in [-0.39, 0.29) is 5.75 Å². The van der Waals surface area contributed by atoms with Crippen LogP contribution in [0.2, 0.25) is 0 Å². The van der Waals surface area contributed by atoms with Crippen LogP contribution < -0.4 is 10.7 Å². The number of para-hydroxylation sites is 1. The largest absolute Gasteiger partial charge is 0.508 e. The molecule has 0 saturated carbocycles.